The highest BCUT2D eigenvalue weighted by atomic mass is 35.5. The monoisotopic (exact) mass is 395 g/mol. The Hall–Kier alpha value is -1.96. The van der Waals surface area contributed by atoms with E-state index in [0.29, 0.717) is 24.2 Å². The van der Waals surface area contributed by atoms with Gasteiger partial charge in [0.25, 0.3) is 5.91 Å². The summed E-state index contributed by atoms with van der Waals surface area (Å²) in [6.07, 6.45) is 4.68. The maximum atomic E-state index is 13.0. The third kappa shape index (κ3) is 5.03. The number of nitrogens with one attached hydrogen (secondary N) is 1. The van der Waals surface area contributed by atoms with Crippen molar-refractivity contribution in [3.8, 4) is 0 Å². The van der Waals surface area contributed by atoms with Crippen LogP contribution in [-0.4, -0.2) is 50.1 Å². The van der Waals surface area contributed by atoms with Crippen LogP contribution in [0.15, 0.2) is 48.8 Å². The third-order valence-corrected chi connectivity index (χ3v) is 5.03. The molecule has 2 aromatic rings. The van der Waals surface area contributed by atoms with Crippen molar-refractivity contribution in [2.75, 3.05) is 25.9 Å². The molecule has 3 rings (SSSR count). The highest BCUT2D eigenvalue weighted by molar-refractivity contribution is 7.89. The Morgan fingerprint density at radius 3 is 2.81 bits per heavy atom. The quantitative estimate of drug-likeness (QED) is 0.854. The second-order valence-electron chi connectivity index (χ2n) is 6.28. The Kier molecular flexibility index (Phi) is 6.75. The largest absolute Gasteiger partial charge is 0.329 e. The molecule has 8 heteroatoms. The van der Waals surface area contributed by atoms with Crippen LogP contribution in [0.2, 0.25) is 0 Å². The van der Waals surface area contributed by atoms with E-state index in [1.165, 1.54) is 6.26 Å². The number of amides is 1. The molecule has 2 heterocycles. The number of piperazine rings is 1. The lowest BCUT2D eigenvalue weighted by atomic mass is 10.0. The number of nitrogens with zero attached hydrogens (tertiary/aromatic N) is 2. The van der Waals surface area contributed by atoms with Crippen LogP contribution >= 0.6 is 12.4 Å². The maximum Gasteiger partial charge on any atom is 0.254 e. The Morgan fingerprint density at radius 1 is 1.31 bits per heavy atom. The fraction of sp³-hybridized carbons (Fsp3) is 0.333. The Bertz CT molecular complexity index is 859. The van der Waals surface area contributed by atoms with Crippen LogP contribution in [0.25, 0.3) is 0 Å². The standard InChI is InChI=1S/C18H21N3O3S.ClH/c1-25(23,24)13-14-4-2-5-15(10-14)18(22)21-9-8-20-12-17(21)16-6-3-7-19-11-16;/h2-7,10-11,17,20H,8-9,12-13H2,1H3;1H. The van der Waals surface area contributed by atoms with Gasteiger partial charge in [0.05, 0.1) is 11.8 Å². The van der Waals surface area contributed by atoms with Gasteiger partial charge in [0.15, 0.2) is 9.84 Å². The average Bonchev–Trinajstić information content (AvgIpc) is 2.61. The summed E-state index contributed by atoms with van der Waals surface area (Å²) in [4.78, 5) is 19.0. The molecule has 1 amide bonds. The summed E-state index contributed by atoms with van der Waals surface area (Å²) in [6, 6.07) is 10.6. The molecule has 0 bridgehead atoms. The molecular formula is C18H22ClN3O3S. The SMILES string of the molecule is CS(=O)(=O)Cc1cccc(C(=O)N2CCNCC2c2cccnc2)c1.Cl. The summed E-state index contributed by atoms with van der Waals surface area (Å²) in [7, 11) is -3.14. The molecule has 1 N–H and O–H groups in total. The van der Waals surface area contributed by atoms with Gasteiger partial charge in [-0.3, -0.25) is 9.78 Å². The van der Waals surface area contributed by atoms with Gasteiger partial charge in [-0.2, -0.15) is 0 Å². The zero-order valence-corrected chi connectivity index (χ0v) is 16.1. The summed E-state index contributed by atoms with van der Waals surface area (Å²) in [5.74, 6) is -0.160. The number of rotatable bonds is 4. The molecule has 1 unspecified atom stereocenters. The number of halogens is 1. The van der Waals surface area contributed by atoms with Crippen molar-refractivity contribution in [2.24, 2.45) is 0 Å². The number of sulfone groups is 1. The molecule has 1 aromatic carbocycles. The van der Waals surface area contributed by atoms with Crippen LogP contribution in [0.4, 0.5) is 0 Å². The summed E-state index contributed by atoms with van der Waals surface area (Å²) < 4.78 is 23.0. The van der Waals surface area contributed by atoms with Gasteiger partial charge in [-0.15, -0.1) is 12.4 Å². The van der Waals surface area contributed by atoms with E-state index >= 15 is 0 Å². The van der Waals surface area contributed by atoms with Gasteiger partial charge in [-0.25, -0.2) is 8.42 Å². The lowest BCUT2D eigenvalue weighted by Gasteiger charge is -2.36. The van der Waals surface area contributed by atoms with Crippen LogP contribution in [0.1, 0.15) is 27.5 Å². The molecule has 0 spiro atoms. The second kappa shape index (κ2) is 8.62. The molecular weight excluding hydrogens is 374 g/mol. The van der Waals surface area contributed by atoms with Gasteiger partial charge in [0.1, 0.15) is 0 Å². The molecule has 1 fully saturated rings. The number of carbonyl (C=O) groups excluding carboxylic acids is 1. The summed E-state index contributed by atoms with van der Waals surface area (Å²) in [5.41, 5.74) is 2.12. The van der Waals surface area contributed by atoms with Crippen molar-refractivity contribution in [1.82, 2.24) is 15.2 Å². The first-order chi connectivity index (χ1) is 11.9. The summed E-state index contributed by atoms with van der Waals surface area (Å²) in [5, 5.41) is 3.31. The van der Waals surface area contributed by atoms with Crippen molar-refractivity contribution in [3.63, 3.8) is 0 Å². The fourth-order valence-electron chi connectivity index (χ4n) is 3.08. The topological polar surface area (TPSA) is 79.4 Å². The van der Waals surface area contributed by atoms with Crippen LogP contribution in [0.5, 0.6) is 0 Å². The van der Waals surface area contributed by atoms with Crippen molar-refractivity contribution < 1.29 is 13.2 Å². The molecule has 1 saturated heterocycles. The molecule has 140 valence electrons. The minimum Gasteiger partial charge on any atom is -0.329 e. The van der Waals surface area contributed by atoms with Gasteiger partial charge < -0.3 is 10.2 Å². The number of hydrogen-bond donors (Lipinski definition) is 1. The normalized spacial score (nSPS) is 17.4. The van der Waals surface area contributed by atoms with E-state index in [4.69, 9.17) is 0 Å². The van der Waals surface area contributed by atoms with Crippen molar-refractivity contribution in [1.29, 1.82) is 0 Å². The molecule has 0 saturated carbocycles. The molecule has 1 aliphatic heterocycles. The predicted molar refractivity (Wildman–Crippen MR) is 103 cm³/mol. The first kappa shape index (κ1) is 20.4. The second-order valence-corrected chi connectivity index (χ2v) is 8.42. The van der Waals surface area contributed by atoms with Crippen LogP contribution < -0.4 is 5.32 Å². The number of aromatic nitrogens is 1. The van der Waals surface area contributed by atoms with Gasteiger partial charge in [0.2, 0.25) is 0 Å². The van der Waals surface area contributed by atoms with Crippen molar-refractivity contribution in [2.45, 2.75) is 11.8 Å². The van der Waals surface area contributed by atoms with Gasteiger partial charge in [0, 0.05) is 43.8 Å². The van der Waals surface area contributed by atoms with Crippen LogP contribution in [0, 0.1) is 0 Å². The smallest absolute Gasteiger partial charge is 0.254 e. The number of pyridine rings is 1. The lowest BCUT2D eigenvalue weighted by molar-refractivity contribution is 0.0634. The summed E-state index contributed by atoms with van der Waals surface area (Å²) in [6.45, 7) is 1.99. The van der Waals surface area contributed by atoms with Crippen molar-refractivity contribution in [3.05, 3.63) is 65.5 Å². The molecule has 6 nitrogen and oxygen atoms in total. The number of benzene rings is 1. The molecule has 26 heavy (non-hydrogen) atoms. The summed E-state index contributed by atoms with van der Waals surface area (Å²) >= 11 is 0. The Balaban J connectivity index is 0.00000243. The maximum absolute atomic E-state index is 13.0. The molecule has 1 atom stereocenters. The van der Waals surface area contributed by atoms with Gasteiger partial charge >= 0.3 is 0 Å². The molecule has 1 aromatic heterocycles. The number of carbonyl (C=O) groups is 1. The van der Waals surface area contributed by atoms with E-state index in [0.717, 1.165) is 12.1 Å². The first-order valence-electron chi connectivity index (χ1n) is 8.12. The molecule has 0 radical (unpaired) electrons. The highest BCUT2D eigenvalue weighted by Crippen LogP contribution is 2.24. The van der Waals surface area contributed by atoms with E-state index in [2.05, 4.69) is 10.3 Å². The van der Waals surface area contributed by atoms with E-state index in [-0.39, 0.29) is 30.1 Å². The predicted octanol–water partition coefficient (Wildman–Crippen LogP) is 1.83. The Labute approximate surface area is 160 Å². The average molecular weight is 396 g/mol. The minimum atomic E-state index is -3.14. The molecule has 1 aliphatic rings. The van der Waals surface area contributed by atoms with E-state index in [9.17, 15) is 13.2 Å². The van der Waals surface area contributed by atoms with E-state index in [1.807, 2.05) is 17.0 Å². The van der Waals surface area contributed by atoms with E-state index < -0.39 is 9.84 Å². The zero-order valence-electron chi connectivity index (χ0n) is 14.5. The zero-order chi connectivity index (χ0) is 17.9. The first-order valence-corrected chi connectivity index (χ1v) is 10.2. The number of hydrogen-bond acceptors (Lipinski definition) is 5. The minimum absolute atomic E-state index is 0. The van der Waals surface area contributed by atoms with E-state index in [1.54, 1.807) is 36.7 Å². The third-order valence-electron chi connectivity index (χ3n) is 4.18. The van der Waals surface area contributed by atoms with Crippen LogP contribution in [-0.2, 0) is 15.6 Å². The Morgan fingerprint density at radius 2 is 2.12 bits per heavy atom. The van der Waals surface area contributed by atoms with Crippen molar-refractivity contribution >= 4 is 28.2 Å². The molecule has 0 aliphatic carbocycles. The van der Waals surface area contributed by atoms with Gasteiger partial charge in [-0.05, 0) is 29.3 Å². The van der Waals surface area contributed by atoms with Gasteiger partial charge in [-0.1, -0.05) is 18.2 Å². The highest BCUT2D eigenvalue weighted by Gasteiger charge is 2.28. The lowest BCUT2D eigenvalue weighted by Crippen LogP contribution is -2.48. The van der Waals surface area contributed by atoms with Crippen LogP contribution in [0.3, 0.4) is 0 Å². The fourth-order valence-corrected chi connectivity index (χ4v) is 3.87.